The number of aryl methyl sites for hydroxylation is 2. The summed E-state index contributed by atoms with van der Waals surface area (Å²) in [6.45, 7) is 5.18. The van der Waals surface area contributed by atoms with Crippen LogP contribution >= 0.6 is 0 Å². The number of pyridine rings is 1. The highest BCUT2D eigenvalue weighted by Crippen LogP contribution is 2.31. The molecule has 0 amide bonds. The van der Waals surface area contributed by atoms with E-state index in [0.29, 0.717) is 5.92 Å². The van der Waals surface area contributed by atoms with Crippen LogP contribution in [0.2, 0.25) is 0 Å². The molecule has 5 heteroatoms. The number of fused-ring (bicyclic) bond motifs is 1. The average Bonchev–Trinajstić information content (AvgIpc) is 2.79. The lowest BCUT2D eigenvalue weighted by Gasteiger charge is -2.45. The first-order valence-electron chi connectivity index (χ1n) is 12.4. The van der Waals surface area contributed by atoms with E-state index in [0.717, 1.165) is 57.0 Å². The number of benzene rings is 1. The molecule has 0 radical (unpaired) electrons. The topological polar surface area (TPSA) is 56.7 Å². The van der Waals surface area contributed by atoms with Gasteiger partial charge in [-0.05, 0) is 87.1 Å². The van der Waals surface area contributed by atoms with Gasteiger partial charge in [-0.1, -0.05) is 36.4 Å². The van der Waals surface area contributed by atoms with Crippen LogP contribution in [-0.2, 0) is 24.1 Å². The van der Waals surface area contributed by atoms with Crippen molar-refractivity contribution in [3.05, 3.63) is 65.0 Å². The summed E-state index contributed by atoms with van der Waals surface area (Å²) in [5.41, 5.74) is 5.01. The van der Waals surface area contributed by atoms with Gasteiger partial charge in [0, 0.05) is 31.0 Å². The van der Waals surface area contributed by atoms with Crippen molar-refractivity contribution in [1.82, 2.24) is 14.8 Å². The fourth-order valence-corrected chi connectivity index (χ4v) is 5.86. The van der Waals surface area contributed by atoms with Gasteiger partial charge in [-0.2, -0.15) is 0 Å². The number of hydrogen-bond donors (Lipinski definition) is 1. The smallest absolute Gasteiger partial charge is 0.325 e. The monoisotopic (exact) mass is 433 g/mol. The third kappa shape index (κ3) is 4.89. The molecule has 2 aromatic rings. The van der Waals surface area contributed by atoms with E-state index in [9.17, 15) is 9.90 Å². The fourth-order valence-electron chi connectivity index (χ4n) is 5.86. The van der Waals surface area contributed by atoms with Gasteiger partial charge in [-0.15, -0.1) is 0 Å². The largest absolute Gasteiger partial charge is 0.480 e. The average molecular weight is 434 g/mol. The lowest BCUT2D eigenvalue weighted by Crippen LogP contribution is -2.54. The zero-order valence-electron chi connectivity index (χ0n) is 19.0. The number of aliphatic carboxylic acids is 1. The number of aromatic nitrogens is 1. The van der Waals surface area contributed by atoms with Gasteiger partial charge in [0.1, 0.15) is 6.04 Å². The molecule has 2 aliphatic heterocycles. The molecule has 170 valence electrons. The molecule has 0 bridgehead atoms. The Morgan fingerprint density at radius 2 is 1.75 bits per heavy atom. The molecule has 0 unspecified atom stereocenters. The van der Waals surface area contributed by atoms with Crippen molar-refractivity contribution in [2.75, 3.05) is 32.7 Å². The van der Waals surface area contributed by atoms with Crippen molar-refractivity contribution in [1.29, 1.82) is 0 Å². The lowest BCUT2D eigenvalue weighted by atomic mass is 9.89. The van der Waals surface area contributed by atoms with Gasteiger partial charge in [-0.25, -0.2) is 0 Å². The van der Waals surface area contributed by atoms with Gasteiger partial charge < -0.3 is 10.0 Å². The maximum atomic E-state index is 11.8. The van der Waals surface area contributed by atoms with Crippen molar-refractivity contribution in [3.8, 4) is 0 Å². The van der Waals surface area contributed by atoms with Crippen LogP contribution in [0.3, 0.4) is 0 Å². The molecule has 1 atom stereocenters. The molecule has 0 spiro atoms. The standard InChI is InChI=1S/C27H35N3O2/c31-27(32)26(23-7-2-1-3-8-23)30-18-21(19-30)17-29-14-12-20(13-15-29)16-24-11-10-22-6-4-5-9-25(22)28-24/h1-3,7-8,10-11,20-21,26H,4-6,9,12-19H2,(H,31,32)/t26-/m0/s1. The SMILES string of the molecule is O=C(O)[C@H](c1ccccc1)N1CC(CN2CCC(Cc3ccc4c(n3)CCCC4)CC2)C1. The van der Waals surface area contributed by atoms with Crippen LogP contribution in [-0.4, -0.2) is 58.6 Å². The van der Waals surface area contributed by atoms with Gasteiger partial charge in [0.25, 0.3) is 0 Å². The van der Waals surface area contributed by atoms with Crippen LogP contribution in [0.1, 0.15) is 54.2 Å². The fraction of sp³-hybridized carbons (Fsp3) is 0.556. The number of likely N-dealkylation sites (tertiary alicyclic amines) is 2. The first kappa shape index (κ1) is 21.6. The second-order valence-corrected chi connectivity index (χ2v) is 10.0. The molecule has 5 nitrogen and oxygen atoms in total. The molecule has 32 heavy (non-hydrogen) atoms. The Labute approximate surface area is 191 Å². The Hall–Kier alpha value is -2.24. The normalized spacial score (nSPS) is 21.6. The Balaban J connectivity index is 1.07. The second kappa shape index (κ2) is 9.72. The van der Waals surface area contributed by atoms with Gasteiger partial charge in [-0.3, -0.25) is 14.7 Å². The molecular weight excluding hydrogens is 398 g/mol. The van der Waals surface area contributed by atoms with Crippen molar-refractivity contribution in [2.45, 2.75) is 51.0 Å². The van der Waals surface area contributed by atoms with Crippen molar-refractivity contribution in [3.63, 3.8) is 0 Å². The number of piperidine rings is 1. The first-order chi connectivity index (χ1) is 15.7. The summed E-state index contributed by atoms with van der Waals surface area (Å²) < 4.78 is 0. The molecule has 1 aromatic carbocycles. The molecule has 3 heterocycles. The van der Waals surface area contributed by atoms with Gasteiger partial charge in [0.2, 0.25) is 0 Å². The highest BCUT2D eigenvalue weighted by molar-refractivity contribution is 5.75. The summed E-state index contributed by atoms with van der Waals surface area (Å²) in [5, 5.41) is 9.73. The van der Waals surface area contributed by atoms with Crippen molar-refractivity contribution in [2.24, 2.45) is 11.8 Å². The number of nitrogens with zero attached hydrogens (tertiary/aromatic N) is 3. The first-order valence-corrected chi connectivity index (χ1v) is 12.4. The maximum absolute atomic E-state index is 11.8. The quantitative estimate of drug-likeness (QED) is 0.716. The van der Waals surface area contributed by atoms with E-state index >= 15 is 0 Å². The molecular formula is C27H35N3O2. The third-order valence-electron chi connectivity index (χ3n) is 7.66. The second-order valence-electron chi connectivity index (χ2n) is 10.0. The summed E-state index contributed by atoms with van der Waals surface area (Å²) in [6, 6.07) is 13.7. The van der Waals surface area contributed by atoms with Crippen LogP contribution in [0.5, 0.6) is 0 Å². The molecule has 0 saturated carbocycles. The van der Waals surface area contributed by atoms with Crippen molar-refractivity contribution < 1.29 is 9.90 Å². The number of rotatable bonds is 7. The van der Waals surface area contributed by atoms with E-state index < -0.39 is 12.0 Å². The van der Waals surface area contributed by atoms with E-state index in [-0.39, 0.29) is 0 Å². The molecule has 1 aliphatic carbocycles. The predicted molar refractivity (Wildman–Crippen MR) is 126 cm³/mol. The van der Waals surface area contributed by atoms with Crippen molar-refractivity contribution >= 4 is 5.97 Å². The number of carboxylic acid groups (broad SMARTS) is 1. The van der Waals surface area contributed by atoms with Crippen LogP contribution in [0, 0.1) is 11.8 Å². The number of hydrogen-bond acceptors (Lipinski definition) is 4. The van der Waals surface area contributed by atoms with E-state index in [4.69, 9.17) is 4.98 Å². The Morgan fingerprint density at radius 1 is 1.00 bits per heavy atom. The van der Waals surface area contributed by atoms with Gasteiger partial charge in [0.05, 0.1) is 0 Å². The van der Waals surface area contributed by atoms with Gasteiger partial charge in [0.15, 0.2) is 0 Å². The number of carbonyl (C=O) groups is 1. The Bertz CT molecular complexity index is 918. The van der Waals surface area contributed by atoms with Crippen LogP contribution in [0.4, 0.5) is 0 Å². The minimum atomic E-state index is -0.744. The van der Waals surface area contributed by atoms with E-state index in [1.54, 1.807) is 0 Å². The number of carboxylic acids is 1. The van der Waals surface area contributed by atoms with E-state index in [1.165, 1.54) is 49.1 Å². The Kier molecular flexibility index (Phi) is 6.56. The molecule has 1 aromatic heterocycles. The van der Waals surface area contributed by atoms with Gasteiger partial charge >= 0.3 is 5.97 Å². The third-order valence-corrected chi connectivity index (χ3v) is 7.66. The maximum Gasteiger partial charge on any atom is 0.325 e. The minimum Gasteiger partial charge on any atom is -0.480 e. The van der Waals surface area contributed by atoms with E-state index in [1.807, 2.05) is 30.3 Å². The summed E-state index contributed by atoms with van der Waals surface area (Å²) in [6.07, 6.45) is 8.59. The summed E-state index contributed by atoms with van der Waals surface area (Å²) in [7, 11) is 0. The highest BCUT2D eigenvalue weighted by Gasteiger charge is 2.38. The summed E-state index contributed by atoms with van der Waals surface area (Å²) in [5.74, 6) is 0.582. The minimum absolute atomic E-state index is 0.512. The predicted octanol–water partition coefficient (Wildman–Crippen LogP) is 3.97. The summed E-state index contributed by atoms with van der Waals surface area (Å²) in [4.78, 5) is 21.5. The molecule has 1 N–H and O–H groups in total. The molecule has 5 rings (SSSR count). The van der Waals surface area contributed by atoms with Crippen LogP contribution < -0.4 is 0 Å². The Morgan fingerprint density at radius 3 is 2.50 bits per heavy atom. The van der Waals surface area contributed by atoms with E-state index in [2.05, 4.69) is 21.9 Å². The van der Waals surface area contributed by atoms with Crippen LogP contribution in [0.25, 0.3) is 0 Å². The highest BCUT2D eigenvalue weighted by atomic mass is 16.4. The lowest BCUT2D eigenvalue weighted by molar-refractivity contribution is -0.147. The molecule has 2 fully saturated rings. The summed E-state index contributed by atoms with van der Waals surface area (Å²) >= 11 is 0. The molecule has 3 aliphatic rings. The zero-order valence-corrected chi connectivity index (χ0v) is 19.0. The molecule has 2 saturated heterocycles. The van der Waals surface area contributed by atoms with Crippen LogP contribution in [0.15, 0.2) is 42.5 Å². The zero-order chi connectivity index (χ0) is 21.9.